The number of nitrogens with zero attached hydrogens (tertiary/aromatic N) is 2. The number of benzene rings is 2. The molecule has 0 saturated carbocycles. The summed E-state index contributed by atoms with van der Waals surface area (Å²) >= 11 is 0. The molecule has 0 aliphatic heterocycles. The summed E-state index contributed by atoms with van der Waals surface area (Å²) in [6.45, 7) is 1.65. The molecule has 0 aromatic heterocycles. The number of rotatable bonds is 11. The molecule has 1 amide bonds. The lowest BCUT2D eigenvalue weighted by Crippen LogP contribution is -2.51. The van der Waals surface area contributed by atoms with E-state index in [1.807, 2.05) is 60.7 Å². The Kier molecular flexibility index (Phi) is 8.59. The molecule has 0 spiro atoms. The topological polar surface area (TPSA) is 121 Å². The molecule has 0 radical (unpaired) electrons. The van der Waals surface area contributed by atoms with Crippen LogP contribution in [0.1, 0.15) is 18.1 Å². The van der Waals surface area contributed by atoms with Gasteiger partial charge in [-0.15, -0.1) is 0 Å². The average Bonchev–Trinajstić information content (AvgIpc) is 2.75. The second kappa shape index (κ2) is 11.4. The fraction of sp³-hybridized carbons (Fsp3) is 0.238. The van der Waals surface area contributed by atoms with Gasteiger partial charge in [0.2, 0.25) is 12.2 Å². The summed E-state index contributed by atoms with van der Waals surface area (Å²) < 4.78 is 0. The monoisotopic (exact) mass is 394 g/mol. The van der Waals surface area contributed by atoms with Crippen LogP contribution in [0.15, 0.2) is 60.7 Å². The Morgan fingerprint density at radius 1 is 1.07 bits per heavy atom. The first-order chi connectivity index (χ1) is 14.0. The molecule has 0 aliphatic carbocycles. The largest absolute Gasteiger partial charge is 0.399 e. The average molecular weight is 394 g/mol. The molecule has 2 aromatic rings. The predicted octanol–water partition coefficient (Wildman–Crippen LogP) is 1.26. The second-order valence-electron chi connectivity index (χ2n) is 6.33. The fourth-order valence-electron chi connectivity index (χ4n) is 2.57. The molecule has 0 heterocycles. The lowest BCUT2D eigenvalue weighted by atomic mass is 10.0. The van der Waals surface area contributed by atoms with Crippen molar-refractivity contribution in [2.24, 2.45) is 0 Å². The number of hydrogen-bond donors (Lipinski definition) is 2. The molecule has 0 saturated heterocycles. The zero-order valence-electron chi connectivity index (χ0n) is 15.9. The standard InChI is InChI=1S/C21H22N4O4/c1-15(20(27)19(13-26)24-22)23-21(28)18(12-16-8-4-2-5-9-16)25-29-14-17-10-6-3-7-11-17/h2-11,13,15,18,25H,12,14H2,1H3,(H,23,28). The molecular formula is C21H22N4O4. The number of Topliss-reactive ketones (excluding diaryl/α,β-unsaturated/α-hetero) is 1. The van der Waals surface area contributed by atoms with Crippen molar-refractivity contribution in [1.82, 2.24) is 10.8 Å². The molecular weight excluding hydrogens is 372 g/mol. The summed E-state index contributed by atoms with van der Waals surface area (Å²) in [5, 5.41) is 2.52. The van der Waals surface area contributed by atoms with Gasteiger partial charge in [0.15, 0.2) is 0 Å². The Morgan fingerprint density at radius 3 is 2.21 bits per heavy atom. The van der Waals surface area contributed by atoms with Crippen molar-refractivity contribution in [2.45, 2.75) is 32.0 Å². The molecule has 29 heavy (non-hydrogen) atoms. The van der Waals surface area contributed by atoms with E-state index in [-0.39, 0.29) is 12.9 Å². The summed E-state index contributed by atoms with van der Waals surface area (Å²) in [6, 6.07) is 16.9. The van der Waals surface area contributed by atoms with Gasteiger partial charge in [0.05, 0.1) is 12.6 Å². The second-order valence-corrected chi connectivity index (χ2v) is 6.33. The maximum atomic E-state index is 12.7. The van der Waals surface area contributed by atoms with E-state index in [0.717, 1.165) is 11.1 Å². The van der Waals surface area contributed by atoms with Crippen LogP contribution < -0.4 is 10.8 Å². The summed E-state index contributed by atoms with van der Waals surface area (Å²) in [5.74, 6) is -1.29. The van der Waals surface area contributed by atoms with Crippen molar-refractivity contribution in [3.05, 3.63) is 77.3 Å². The van der Waals surface area contributed by atoms with Gasteiger partial charge in [0.25, 0.3) is 5.78 Å². The van der Waals surface area contributed by atoms with Gasteiger partial charge in [-0.25, -0.2) is 0 Å². The zero-order valence-corrected chi connectivity index (χ0v) is 15.9. The van der Waals surface area contributed by atoms with Crippen LogP contribution in [-0.4, -0.2) is 40.6 Å². The first-order valence-corrected chi connectivity index (χ1v) is 9.02. The number of carbonyl (C=O) groups excluding carboxylic acids is 3. The summed E-state index contributed by atoms with van der Waals surface area (Å²) in [6.07, 6.45) is 0.449. The predicted molar refractivity (Wildman–Crippen MR) is 106 cm³/mol. The van der Waals surface area contributed by atoms with Crippen molar-refractivity contribution in [2.75, 3.05) is 0 Å². The molecule has 0 bridgehead atoms. The highest BCUT2D eigenvalue weighted by molar-refractivity contribution is 6.59. The van der Waals surface area contributed by atoms with E-state index < -0.39 is 29.5 Å². The molecule has 8 heteroatoms. The lowest BCUT2D eigenvalue weighted by Gasteiger charge is -2.20. The van der Waals surface area contributed by atoms with Gasteiger partial charge in [-0.2, -0.15) is 10.3 Å². The Bertz CT molecular complexity index is 880. The van der Waals surface area contributed by atoms with Crippen molar-refractivity contribution >= 4 is 23.7 Å². The van der Waals surface area contributed by atoms with E-state index in [2.05, 4.69) is 15.6 Å². The van der Waals surface area contributed by atoms with Gasteiger partial charge in [-0.05, 0) is 24.5 Å². The number of aldehydes is 1. The van der Waals surface area contributed by atoms with Gasteiger partial charge >= 0.3 is 5.71 Å². The van der Waals surface area contributed by atoms with Crippen molar-refractivity contribution in [3.8, 4) is 0 Å². The first-order valence-electron chi connectivity index (χ1n) is 9.02. The summed E-state index contributed by atoms with van der Waals surface area (Å²) in [5.41, 5.74) is 12.6. The number of hydrogen-bond acceptors (Lipinski definition) is 5. The highest BCUT2D eigenvalue weighted by atomic mass is 16.6. The summed E-state index contributed by atoms with van der Waals surface area (Å²) in [7, 11) is 0. The van der Waals surface area contributed by atoms with Gasteiger partial charge in [-0.3, -0.25) is 19.2 Å². The number of nitrogens with one attached hydrogen (secondary N) is 2. The Labute approximate surface area is 168 Å². The smallest absolute Gasteiger partial charge is 0.360 e. The Hall–Kier alpha value is -3.45. The van der Waals surface area contributed by atoms with Crippen LogP contribution in [0, 0.1) is 0 Å². The van der Waals surface area contributed by atoms with E-state index in [1.165, 1.54) is 6.92 Å². The lowest BCUT2D eigenvalue weighted by molar-refractivity contribution is -0.131. The fourth-order valence-corrected chi connectivity index (χ4v) is 2.57. The molecule has 2 atom stereocenters. The number of hydroxylamine groups is 1. The Balaban J connectivity index is 2.04. The van der Waals surface area contributed by atoms with Gasteiger partial charge < -0.3 is 10.8 Å². The van der Waals surface area contributed by atoms with Crippen LogP contribution in [0.5, 0.6) is 0 Å². The minimum Gasteiger partial charge on any atom is -0.360 e. The van der Waals surface area contributed by atoms with Crippen LogP contribution >= 0.6 is 0 Å². The molecule has 2 aromatic carbocycles. The third-order valence-corrected chi connectivity index (χ3v) is 4.13. The van der Waals surface area contributed by atoms with Crippen LogP contribution in [0.3, 0.4) is 0 Å². The third-order valence-electron chi connectivity index (χ3n) is 4.13. The zero-order chi connectivity index (χ0) is 21.1. The van der Waals surface area contributed by atoms with E-state index in [1.54, 1.807) is 0 Å². The van der Waals surface area contributed by atoms with Crippen molar-refractivity contribution in [1.29, 1.82) is 0 Å². The highest BCUT2D eigenvalue weighted by Crippen LogP contribution is 2.06. The molecule has 8 nitrogen and oxygen atoms in total. The van der Waals surface area contributed by atoms with E-state index in [9.17, 15) is 14.4 Å². The minimum absolute atomic E-state index is 0.133. The third kappa shape index (κ3) is 6.90. The van der Waals surface area contributed by atoms with E-state index >= 15 is 0 Å². The molecule has 0 fully saturated rings. The van der Waals surface area contributed by atoms with Crippen LogP contribution in [0.2, 0.25) is 0 Å². The quantitative estimate of drug-likeness (QED) is 0.148. The summed E-state index contributed by atoms with van der Waals surface area (Å²) in [4.78, 5) is 43.6. The van der Waals surface area contributed by atoms with Gasteiger partial charge in [0, 0.05) is 0 Å². The number of amides is 1. The maximum absolute atomic E-state index is 12.7. The Morgan fingerprint density at radius 2 is 1.66 bits per heavy atom. The van der Waals surface area contributed by atoms with Crippen LogP contribution in [0.4, 0.5) is 0 Å². The molecule has 2 unspecified atom stereocenters. The van der Waals surface area contributed by atoms with Crippen LogP contribution in [-0.2, 0) is 32.2 Å². The molecule has 150 valence electrons. The number of carbonyl (C=O) groups is 3. The molecule has 0 aliphatic rings. The van der Waals surface area contributed by atoms with Crippen LogP contribution in [0.25, 0.3) is 5.53 Å². The highest BCUT2D eigenvalue weighted by Gasteiger charge is 2.29. The molecule has 2 N–H and O–H groups in total. The normalized spacial score (nSPS) is 12.3. The van der Waals surface area contributed by atoms with Crippen molar-refractivity contribution in [3.63, 3.8) is 0 Å². The van der Waals surface area contributed by atoms with E-state index in [4.69, 9.17) is 10.4 Å². The number of ketones is 1. The first kappa shape index (κ1) is 21.8. The maximum Gasteiger partial charge on any atom is 0.399 e. The van der Waals surface area contributed by atoms with Gasteiger partial charge in [-0.1, -0.05) is 60.7 Å². The molecule has 2 rings (SSSR count). The van der Waals surface area contributed by atoms with Gasteiger partial charge in [0.1, 0.15) is 6.04 Å². The minimum atomic E-state index is -1.05. The van der Waals surface area contributed by atoms with E-state index in [0.29, 0.717) is 6.42 Å². The van der Waals surface area contributed by atoms with Crippen molar-refractivity contribution < 1.29 is 24.0 Å². The SMILES string of the molecule is CC(NC(=O)C(Cc1ccccc1)NOCc1ccccc1)C(=O)C(C=O)=[N+]=[N-].